The van der Waals surface area contributed by atoms with E-state index in [0.29, 0.717) is 41.0 Å². The van der Waals surface area contributed by atoms with Gasteiger partial charge < -0.3 is 19.7 Å². The van der Waals surface area contributed by atoms with Crippen molar-refractivity contribution in [1.82, 2.24) is 15.5 Å². The van der Waals surface area contributed by atoms with Crippen LogP contribution in [0.1, 0.15) is 74.2 Å². The molecule has 1 aromatic carbocycles. The van der Waals surface area contributed by atoms with E-state index in [2.05, 4.69) is 20.2 Å². The predicted molar refractivity (Wildman–Crippen MR) is 116 cm³/mol. The number of halogens is 4. The van der Waals surface area contributed by atoms with Crippen molar-refractivity contribution < 1.29 is 37.1 Å². The van der Waals surface area contributed by atoms with E-state index in [4.69, 9.17) is 20.9 Å². The molecule has 5 rings (SSSR count). The lowest BCUT2D eigenvalue weighted by Crippen LogP contribution is -2.44. The maximum absolute atomic E-state index is 12.7. The number of nitrogens with one attached hydrogen (secondary N) is 1. The van der Waals surface area contributed by atoms with Gasteiger partial charge in [-0.2, -0.15) is 4.98 Å². The van der Waals surface area contributed by atoms with Gasteiger partial charge in [0, 0.05) is 29.5 Å². The van der Waals surface area contributed by atoms with Crippen LogP contribution in [0.15, 0.2) is 22.7 Å². The average molecular weight is 516 g/mol. The van der Waals surface area contributed by atoms with Crippen molar-refractivity contribution in [2.75, 3.05) is 6.54 Å². The van der Waals surface area contributed by atoms with Crippen molar-refractivity contribution in [2.45, 2.75) is 81.0 Å². The van der Waals surface area contributed by atoms with E-state index in [9.17, 15) is 23.1 Å². The number of rotatable bonds is 7. The number of hydrogen-bond acceptors (Lipinski definition) is 7. The molecule has 0 saturated heterocycles. The number of aliphatic hydroxyl groups is 1. The number of carbonyl (C=O) groups is 1. The fourth-order valence-corrected chi connectivity index (χ4v) is 5.15. The first-order chi connectivity index (χ1) is 16.6. The largest absolute Gasteiger partial charge is 0.522 e. The molecule has 0 bridgehead atoms. The molecule has 2 aliphatic carbocycles. The summed E-state index contributed by atoms with van der Waals surface area (Å²) in [4.78, 5) is 17.2. The van der Waals surface area contributed by atoms with E-state index < -0.39 is 24.7 Å². The third-order valence-electron chi connectivity index (χ3n) is 7.20. The number of aromatic nitrogens is 2. The SMILES string of the molecule is O=C(NCCC1(c2nc(C3CC(OC(F)(F)F)C3)no2)CCC1)[C@@H]1C[C@@H](O)c2cc(Cl)ccc2O1. The summed E-state index contributed by atoms with van der Waals surface area (Å²) < 4.78 is 52.3. The van der Waals surface area contributed by atoms with Gasteiger partial charge in [0.2, 0.25) is 5.89 Å². The Morgan fingerprint density at radius 3 is 2.74 bits per heavy atom. The molecule has 2 atom stereocenters. The van der Waals surface area contributed by atoms with Crippen LogP contribution in [0.4, 0.5) is 13.2 Å². The molecular formula is C23H25ClF3N3O5. The highest BCUT2D eigenvalue weighted by atomic mass is 35.5. The summed E-state index contributed by atoms with van der Waals surface area (Å²) in [7, 11) is 0. The zero-order valence-electron chi connectivity index (χ0n) is 18.7. The molecule has 2 fully saturated rings. The van der Waals surface area contributed by atoms with Gasteiger partial charge in [0.15, 0.2) is 11.9 Å². The van der Waals surface area contributed by atoms with Gasteiger partial charge in [0.05, 0.1) is 17.6 Å². The Bertz CT molecular complexity index is 1080. The van der Waals surface area contributed by atoms with Gasteiger partial charge in [-0.3, -0.25) is 9.53 Å². The first-order valence-electron chi connectivity index (χ1n) is 11.6. The Morgan fingerprint density at radius 2 is 2.06 bits per heavy atom. The molecule has 0 spiro atoms. The topological polar surface area (TPSA) is 107 Å². The number of fused-ring (bicyclic) bond motifs is 1. The number of amides is 1. The van der Waals surface area contributed by atoms with Crippen LogP contribution in [0.3, 0.4) is 0 Å². The molecule has 1 amide bonds. The molecule has 2 aromatic rings. The lowest BCUT2D eigenvalue weighted by atomic mass is 9.66. The number of ether oxygens (including phenoxy) is 2. The van der Waals surface area contributed by atoms with Crippen LogP contribution in [-0.2, 0) is 14.9 Å². The molecule has 12 heteroatoms. The number of carbonyl (C=O) groups excluding carboxylic acids is 1. The summed E-state index contributed by atoms with van der Waals surface area (Å²) in [6, 6.07) is 4.90. The number of alkyl halides is 3. The number of nitrogens with zero attached hydrogens (tertiary/aromatic N) is 2. The first kappa shape index (κ1) is 24.3. The lowest BCUT2D eigenvalue weighted by Gasteiger charge is -2.38. The summed E-state index contributed by atoms with van der Waals surface area (Å²) in [5.74, 6) is 0.755. The fraction of sp³-hybridized carbons (Fsp3) is 0.609. The minimum Gasteiger partial charge on any atom is -0.480 e. The average Bonchev–Trinajstić information content (AvgIpc) is 3.21. The minimum atomic E-state index is -4.64. The van der Waals surface area contributed by atoms with Gasteiger partial charge in [-0.05, 0) is 50.3 Å². The molecule has 8 nitrogen and oxygen atoms in total. The van der Waals surface area contributed by atoms with E-state index in [1.165, 1.54) is 0 Å². The van der Waals surface area contributed by atoms with Crippen LogP contribution < -0.4 is 10.1 Å². The van der Waals surface area contributed by atoms with Crippen LogP contribution in [-0.4, -0.2) is 46.3 Å². The normalized spacial score (nSPS) is 27.2. The van der Waals surface area contributed by atoms with Crippen molar-refractivity contribution in [1.29, 1.82) is 0 Å². The van der Waals surface area contributed by atoms with Crippen LogP contribution in [0, 0.1) is 0 Å². The second-order valence-electron chi connectivity index (χ2n) is 9.53. The van der Waals surface area contributed by atoms with Crippen molar-refractivity contribution in [2.24, 2.45) is 0 Å². The standard InChI is InChI=1S/C23H25ClF3N3O5/c24-13-2-3-17-15(10-13)16(31)11-18(33-17)20(32)28-7-6-22(4-1-5-22)21-29-19(30-35-21)12-8-14(9-12)34-23(25,26)27/h2-3,10,12,14,16,18,31H,1,4-9,11H2,(H,28,32)/t12?,14?,16-,18+/m1/s1. The highest BCUT2D eigenvalue weighted by molar-refractivity contribution is 6.30. The maximum Gasteiger partial charge on any atom is 0.522 e. The summed E-state index contributed by atoms with van der Waals surface area (Å²) in [5.41, 5.74) is 0.199. The number of benzene rings is 1. The summed E-state index contributed by atoms with van der Waals surface area (Å²) in [6.45, 7) is 0.352. The Hall–Kier alpha value is -2.37. The minimum absolute atomic E-state index is 0.123. The predicted octanol–water partition coefficient (Wildman–Crippen LogP) is 4.32. The fourth-order valence-electron chi connectivity index (χ4n) is 4.97. The van der Waals surface area contributed by atoms with Gasteiger partial charge in [0.1, 0.15) is 5.75 Å². The van der Waals surface area contributed by atoms with Crippen molar-refractivity contribution >= 4 is 17.5 Å². The number of aliphatic hydroxyl groups excluding tert-OH is 1. The number of hydrogen-bond donors (Lipinski definition) is 2. The summed E-state index contributed by atoms with van der Waals surface area (Å²) >= 11 is 5.97. The van der Waals surface area contributed by atoms with E-state index in [1.807, 2.05) is 0 Å². The van der Waals surface area contributed by atoms with Gasteiger partial charge >= 0.3 is 6.36 Å². The maximum atomic E-state index is 12.7. The molecule has 0 unspecified atom stereocenters. The van der Waals surface area contributed by atoms with Crippen LogP contribution in [0.5, 0.6) is 5.75 Å². The molecule has 2 N–H and O–H groups in total. The molecule has 2 saturated carbocycles. The zero-order valence-corrected chi connectivity index (χ0v) is 19.4. The quantitative estimate of drug-likeness (QED) is 0.565. The van der Waals surface area contributed by atoms with E-state index in [-0.39, 0.29) is 36.5 Å². The van der Waals surface area contributed by atoms with Crippen molar-refractivity contribution in [3.05, 3.63) is 40.5 Å². The Morgan fingerprint density at radius 1 is 1.29 bits per heavy atom. The zero-order chi connectivity index (χ0) is 24.8. The molecule has 1 aliphatic heterocycles. The molecule has 2 heterocycles. The molecule has 1 aromatic heterocycles. The summed E-state index contributed by atoms with van der Waals surface area (Å²) in [5, 5.41) is 17.7. The Kier molecular flexibility index (Phi) is 6.43. The molecule has 3 aliphatic rings. The molecule has 0 radical (unpaired) electrons. The highest BCUT2D eigenvalue weighted by Crippen LogP contribution is 2.47. The van der Waals surface area contributed by atoms with Crippen molar-refractivity contribution in [3.63, 3.8) is 0 Å². The third kappa shape index (κ3) is 5.12. The van der Waals surface area contributed by atoms with Crippen molar-refractivity contribution in [3.8, 4) is 5.75 Å². The second kappa shape index (κ2) is 9.25. The summed E-state index contributed by atoms with van der Waals surface area (Å²) in [6.07, 6.45) is -3.47. The third-order valence-corrected chi connectivity index (χ3v) is 7.43. The lowest BCUT2D eigenvalue weighted by molar-refractivity contribution is -0.352. The Labute approximate surface area is 204 Å². The van der Waals surface area contributed by atoms with Gasteiger partial charge in [-0.15, -0.1) is 13.2 Å². The van der Waals surface area contributed by atoms with Gasteiger partial charge in [0.25, 0.3) is 5.91 Å². The van der Waals surface area contributed by atoms with Gasteiger partial charge in [-0.1, -0.05) is 23.2 Å². The van der Waals surface area contributed by atoms with Crippen LogP contribution in [0.25, 0.3) is 0 Å². The van der Waals surface area contributed by atoms with Gasteiger partial charge in [-0.25, -0.2) is 0 Å². The van der Waals surface area contributed by atoms with E-state index >= 15 is 0 Å². The Balaban J connectivity index is 1.14. The second-order valence-corrected chi connectivity index (χ2v) is 9.96. The smallest absolute Gasteiger partial charge is 0.480 e. The molecule has 190 valence electrons. The van der Waals surface area contributed by atoms with E-state index in [1.54, 1.807) is 18.2 Å². The van der Waals surface area contributed by atoms with Crippen LogP contribution in [0.2, 0.25) is 5.02 Å². The van der Waals surface area contributed by atoms with Crippen LogP contribution >= 0.6 is 11.6 Å². The molecular weight excluding hydrogens is 491 g/mol. The van der Waals surface area contributed by atoms with E-state index in [0.717, 1.165) is 19.3 Å². The first-order valence-corrected chi connectivity index (χ1v) is 12.0. The monoisotopic (exact) mass is 515 g/mol. The molecule has 35 heavy (non-hydrogen) atoms. The highest BCUT2D eigenvalue weighted by Gasteiger charge is 2.46.